The first-order valence-electron chi connectivity index (χ1n) is 9.49. The Kier molecular flexibility index (Phi) is 4.87. The molecule has 146 valence electrons. The molecule has 1 amide bonds. The average Bonchev–Trinajstić information content (AvgIpc) is 3.05. The monoisotopic (exact) mass is 379 g/mol. The van der Waals surface area contributed by atoms with Gasteiger partial charge in [0, 0.05) is 43.8 Å². The summed E-state index contributed by atoms with van der Waals surface area (Å²) in [4.78, 5) is 18.7. The molecule has 7 nitrogen and oxygen atoms in total. The van der Waals surface area contributed by atoms with Gasteiger partial charge in [-0.15, -0.1) is 0 Å². The maximum Gasteiger partial charge on any atom is 0.267 e. The van der Waals surface area contributed by atoms with Crippen molar-refractivity contribution >= 4 is 16.8 Å². The first-order valence-corrected chi connectivity index (χ1v) is 9.49. The molecule has 28 heavy (non-hydrogen) atoms. The van der Waals surface area contributed by atoms with Crippen molar-refractivity contribution in [3.8, 4) is 11.1 Å². The molecule has 4 rings (SSSR count). The SMILES string of the molecule is C[C@@H]1CN(Cc2ccc3c(-c4cnn(C)c4)cc(C(N)=O)nc3c2)C[C@@H](C)O1. The number of hydrogen-bond acceptors (Lipinski definition) is 5. The van der Waals surface area contributed by atoms with E-state index < -0.39 is 5.91 Å². The van der Waals surface area contributed by atoms with E-state index in [0.717, 1.165) is 47.2 Å². The highest BCUT2D eigenvalue weighted by molar-refractivity contribution is 6.00. The summed E-state index contributed by atoms with van der Waals surface area (Å²) in [5.41, 5.74) is 9.55. The molecule has 1 aromatic carbocycles. The van der Waals surface area contributed by atoms with E-state index >= 15 is 0 Å². The van der Waals surface area contributed by atoms with E-state index in [1.54, 1.807) is 16.9 Å². The lowest BCUT2D eigenvalue weighted by atomic mass is 10.0. The topological polar surface area (TPSA) is 86.3 Å². The van der Waals surface area contributed by atoms with Crippen LogP contribution in [0.2, 0.25) is 0 Å². The summed E-state index contributed by atoms with van der Waals surface area (Å²) in [7, 11) is 1.87. The molecular weight excluding hydrogens is 354 g/mol. The smallest absolute Gasteiger partial charge is 0.267 e. The van der Waals surface area contributed by atoms with E-state index in [4.69, 9.17) is 10.5 Å². The predicted octanol–water partition coefficient (Wildman–Crippen LogP) is 2.34. The van der Waals surface area contributed by atoms with Crippen LogP contribution < -0.4 is 5.73 Å². The van der Waals surface area contributed by atoms with E-state index in [-0.39, 0.29) is 17.9 Å². The predicted molar refractivity (Wildman–Crippen MR) is 108 cm³/mol. The molecule has 1 fully saturated rings. The molecule has 0 radical (unpaired) electrons. The minimum Gasteiger partial charge on any atom is -0.373 e. The lowest BCUT2D eigenvalue weighted by Gasteiger charge is -2.35. The van der Waals surface area contributed by atoms with Crippen molar-refractivity contribution in [2.75, 3.05) is 13.1 Å². The highest BCUT2D eigenvalue weighted by Gasteiger charge is 2.22. The van der Waals surface area contributed by atoms with Crippen molar-refractivity contribution in [2.24, 2.45) is 12.8 Å². The first-order chi connectivity index (χ1) is 13.4. The molecule has 1 saturated heterocycles. The van der Waals surface area contributed by atoms with Crippen molar-refractivity contribution in [2.45, 2.75) is 32.6 Å². The molecule has 0 aliphatic carbocycles. The van der Waals surface area contributed by atoms with Gasteiger partial charge in [-0.1, -0.05) is 12.1 Å². The molecular formula is C21H25N5O2. The van der Waals surface area contributed by atoms with Gasteiger partial charge in [0.2, 0.25) is 0 Å². The van der Waals surface area contributed by atoms with E-state index in [0.29, 0.717) is 0 Å². The maximum absolute atomic E-state index is 11.8. The quantitative estimate of drug-likeness (QED) is 0.752. The van der Waals surface area contributed by atoms with Gasteiger partial charge < -0.3 is 10.5 Å². The van der Waals surface area contributed by atoms with Crippen LogP contribution >= 0.6 is 0 Å². The van der Waals surface area contributed by atoms with Gasteiger partial charge in [0.15, 0.2) is 0 Å². The molecule has 2 N–H and O–H groups in total. The second kappa shape index (κ2) is 7.33. The van der Waals surface area contributed by atoms with Gasteiger partial charge in [0.1, 0.15) is 5.69 Å². The number of benzene rings is 1. The number of morpholine rings is 1. The van der Waals surface area contributed by atoms with Gasteiger partial charge in [-0.2, -0.15) is 5.10 Å². The number of carbonyl (C=O) groups excluding carboxylic acids is 1. The molecule has 7 heteroatoms. The van der Waals surface area contributed by atoms with Crippen LogP contribution in [0.3, 0.4) is 0 Å². The Balaban J connectivity index is 1.73. The number of amides is 1. The summed E-state index contributed by atoms with van der Waals surface area (Å²) in [5, 5.41) is 5.22. The lowest BCUT2D eigenvalue weighted by Crippen LogP contribution is -2.44. The summed E-state index contributed by atoms with van der Waals surface area (Å²) < 4.78 is 7.56. The molecule has 3 aromatic rings. The standard InChI is InChI=1S/C21H25N5O2/c1-13-9-26(10-14(2)28-13)11-15-4-5-17-18(16-8-23-25(3)12-16)7-20(21(22)27)24-19(17)6-15/h4-8,12-14H,9-11H2,1-3H3,(H2,22,27)/t13-,14-/m1/s1. The third-order valence-corrected chi connectivity index (χ3v) is 5.04. The van der Waals surface area contributed by atoms with Gasteiger partial charge in [0.25, 0.3) is 5.91 Å². The zero-order valence-corrected chi connectivity index (χ0v) is 16.4. The number of ether oxygens (including phenoxy) is 1. The fraction of sp³-hybridized carbons (Fsp3) is 0.381. The van der Waals surface area contributed by atoms with Crippen molar-refractivity contribution < 1.29 is 9.53 Å². The Morgan fingerprint density at radius 2 is 2.00 bits per heavy atom. The highest BCUT2D eigenvalue weighted by atomic mass is 16.5. The third kappa shape index (κ3) is 3.76. The van der Waals surface area contributed by atoms with Gasteiger partial charge in [-0.3, -0.25) is 14.4 Å². The molecule has 0 bridgehead atoms. The van der Waals surface area contributed by atoms with Crippen LogP contribution in [0.25, 0.3) is 22.0 Å². The summed E-state index contributed by atoms with van der Waals surface area (Å²) in [5.74, 6) is -0.534. The zero-order chi connectivity index (χ0) is 19.8. The number of carbonyl (C=O) groups is 1. The van der Waals surface area contributed by atoms with E-state index in [1.807, 2.05) is 19.3 Å². The van der Waals surface area contributed by atoms with Crippen molar-refractivity contribution in [3.05, 3.63) is 47.9 Å². The van der Waals surface area contributed by atoms with Crippen LogP contribution in [-0.2, 0) is 18.3 Å². The number of aryl methyl sites for hydroxylation is 1. The summed E-state index contributed by atoms with van der Waals surface area (Å²) in [6, 6.07) is 7.98. The number of nitrogens with zero attached hydrogens (tertiary/aromatic N) is 4. The van der Waals surface area contributed by atoms with Gasteiger partial charge >= 0.3 is 0 Å². The molecule has 2 aromatic heterocycles. The largest absolute Gasteiger partial charge is 0.373 e. The number of primary amides is 1. The Labute approximate surface area is 164 Å². The van der Waals surface area contributed by atoms with Crippen LogP contribution in [-0.4, -0.2) is 50.9 Å². The summed E-state index contributed by atoms with van der Waals surface area (Å²) in [6.07, 6.45) is 4.15. The van der Waals surface area contributed by atoms with Crippen LogP contribution in [0.15, 0.2) is 36.7 Å². The fourth-order valence-electron chi connectivity index (χ4n) is 3.97. The highest BCUT2D eigenvalue weighted by Crippen LogP contribution is 2.29. The van der Waals surface area contributed by atoms with Crippen LogP contribution in [0.4, 0.5) is 0 Å². The Hall–Kier alpha value is -2.77. The minimum atomic E-state index is -0.534. The number of nitrogens with two attached hydrogens (primary N) is 1. The lowest BCUT2D eigenvalue weighted by molar-refractivity contribution is -0.0704. The summed E-state index contributed by atoms with van der Waals surface area (Å²) in [6.45, 7) is 6.82. The Morgan fingerprint density at radius 3 is 2.64 bits per heavy atom. The van der Waals surface area contributed by atoms with Gasteiger partial charge in [0.05, 0.1) is 23.9 Å². The third-order valence-electron chi connectivity index (χ3n) is 5.04. The van der Waals surface area contributed by atoms with Crippen molar-refractivity contribution in [1.82, 2.24) is 19.7 Å². The second-order valence-corrected chi connectivity index (χ2v) is 7.62. The van der Waals surface area contributed by atoms with Gasteiger partial charge in [-0.05, 0) is 37.1 Å². The molecule has 0 spiro atoms. The Bertz CT molecular complexity index is 1020. The molecule has 2 atom stereocenters. The maximum atomic E-state index is 11.8. The van der Waals surface area contributed by atoms with Crippen LogP contribution in [0.1, 0.15) is 29.9 Å². The molecule has 1 aliphatic rings. The number of fused-ring (bicyclic) bond motifs is 1. The van der Waals surface area contributed by atoms with E-state index in [2.05, 4.69) is 41.0 Å². The molecule has 0 saturated carbocycles. The number of aromatic nitrogens is 3. The van der Waals surface area contributed by atoms with E-state index in [9.17, 15) is 4.79 Å². The number of hydrogen-bond donors (Lipinski definition) is 1. The second-order valence-electron chi connectivity index (χ2n) is 7.62. The fourth-order valence-corrected chi connectivity index (χ4v) is 3.97. The van der Waals surface area contributed by atoms with Crippen molar-refractivity contribution in [3.63, 3.8) is 0 Å². The zero-order valence-electron chi connectivity index (χ0n) is 16.4. The summed E-state index contributed by atoms with van der Waals surface area (Å²) >= 11 is 0. The van der Waals surface area contributed by atoms with Crippen LogP contribution in [0, 0.1) is 0 Å². The number of pyridine rings is 1. The van der Waals surface area contributed by atoms with Gasteiger partial charge in [-0.25, -0.2) is 4.98 Å². The minimum absolute atomic E-state index is 0.223. The average molecular weight is 379 g/mol. The van der Waals surface area contributed by atoms with Crippen LogP contribution in [0.5, 0.6) is 0 Å². The molecule has 3 heterocycles. The molecule has 1 aliphatic heterocycles. The number of rotatable bonds is 4. The Morgan fingerprint density at radius 1 is 1.25 bits per heavy atom. The first kappa shape index (κ1) is 18.6. The van der Waals surface area contributed by atoms with E-state index in [1.165, 1.54) is 0 Å². The van der Waals surface area contributed by atoms with Crippen molar-refractivity contribution in [1.29, 1.82) is 0 Å². The molecule has 0 unspecified atom stereocenters. The normalized spacial score (nSPS) is 20.5.